The highest BCUT2D eigenvalue weighted by Crippen LogP contribution is 2.42. The first-order chi connectivity index (χ1) is 7.88. The first kappa shape index (κ1) is 12.3. The Labute approximate surface area is 104 Å². The third kappa shape index (κ3) is 2.57. The van der Waals surface area contributed by atoms with Crippen molar-refractivity contribution < 1.29 is 22.6 Å². The Balaban J connectivity index is 2.51. The summed E-state index contributed by atoms with van der Waals surface area (Å²) in [5.41, 5.74) is -0.606. The molecule has 2 rings (SSSR count). The number of halogens is 4. The van der Waals surface area contributed by atoms with Crippen LogP contribution in [-0.4, -0.2) is 6.79 Å². The highest BCUT2D eigenvalue weighted by molar-refractivity contribution is 9.11. The molecule has 1 heterocycles. The van der Waals surface area contributed by atoms with Gasteiger partial charge in [0.25, 0.3) is 0 Å². The van der Waals surface area contributed by atoms with E-state index in [1.807, 2.05) is 0 Å². The van der Waals surface area contributed by atoms with E-state index in [4.69, 9.17) is 9.47 Å². The molecule has 17 heavy (non-hydrogen) atoms. The van der Waals surface area contributed by atoms with Crippen molar-refractivity contribution in [3.8, 4) is 11.5 Å². The van der Waals surface area contributed by atoms with Crippen molar-refractivity contribution in [3.05, 3.63) is 34.3 Å². The third-order valence-electron chi connectivity index (χ3n) is 2.29. The van der Waals surface area contributed by atoms with Gasteiger partial charge in [0.1, 0.15) is 0 Å². The Bertz CT molecular complexity index is 469. The lowest BCUT2D eigenvalue weighted by Gasteiger charge is -2.13. The Morgan fingerprint density at radius 1 is 1.29 bits per heavy atom. The molecule has 1 aromatic carbocycles. The molecule has 0 aliphatic carbocycles. The normalized spacial score (nSPS) is 13.9. The van der Waals surface area contributed by atoms with Gasteiger partial charge in [-0.05, 0) is 22.2 Å². The number of benzene rings is 1. The fourth-order valence-electron chi connectivity index (χ4n) is 1.60. The molecule has 0 saturated heterocycles. The van der Waals surface area contributed by atoms with Crippen LogP contribution in [0.15, 0.2) is 23.2 Å². The Kier molecular flexibility index (Phi) is 3.07. The van der Waals surface area contributed by atoms with Gasteiger partial charge in [-0.15, -0.1) is 0 Å². The molecule has 0 spiro atoms. The van der Waals surface area contributed by atoms with Crippen LogP contribution in [0.4, 0.5) is 13.2 Å². The number of alkyl halides is 3. The van der Waals surface area contributed by atoms with Crippen LogP contribution >= 0.6 is 15.9 Å². The number of allylic oxidation sites excluding steroid dienone is 1. The monoisotopic (exact) mass is 308 g/mol. The molecule has 1 aromatic rings. The molecule has 0 amide bonds. The Morgan fingerprint density at radius 2 is 1.88 bits per heavy atom. The molecular weight excluding hydrogens is 301 g/mol. The molecule has 0 fully saturated rings. The number of hydrogen-bond donors (Lipinski definition) is 0. The van der Waals surface area contributed by atoms with Gasteiger partial charge >= 0.3 is 6.18 Å². The van der Waals surface area contributed by atoms with Crippen LogP contribution in [0.25, 0.3) is 0 Å². The summed E-state index contributed by atoms with van der Waals surface area (Å²) >= 11 is 3.06. The first-order valence-corrected chi connectivity index (χ1v) is 5.50. The minimum absolute atomic E-state index is 0.0503. The van der Waals surface area contributed by atoms with E-state index in [0.717, 1.165) is 6.07 Å². The second-order valence-corrected chi connectivity index (χ2v) is 4.68. The number of fused-ring (bicyclic) bond motifs is 1. The highest BCUT2D eigenvalue weighted by Gasteiger charge is 2.35. The van der Waals surface area contributed by atoms with Gasteiger partial charge in [-0.25, -0.2) is 0 Å². The van der Waals surface area contributed by atoms with Gasteiger partial charge in [-0.3, -0.25) is 0 Å². The predicted octanol–water partition coefficient (Wildman–Crippen LogP) is 3.89. The zero-order valence-corrected chi connectivity index (χ0v) is 10.2. The summed E-state index contributed by atoms with van der Waals surface area (Å²) in [6, 6.07) is 2.31. The summed E-state index contributed by atoms with van der Waals surface area (Å²) in [6.07, 6.45) is -4.33. The zero-order chi connectivity index (χ0) is 12.6. The van der Waals surface area contributed by atoms with Gasteiger partial charge in [0.05, 0.1) is 5.56 Å². The van der Waals surface area contributed by atoms with Crippen LogP contribution in [0, 0.1) is 0 Å². The van der Waals surface area contributed by atoms with Gasteiger partial charge in [0, 0.05) is 6.42 Å². The van der Waals surface area contributed by atoms with E-state index in [9.17, 15) is 13.2 Å². The summed E-state index contributed by atoms with van der Waals surface area (Å²) in [7, 11) is 0. The molecule has 0 bridgehead atoms. The molecule has 1 aliphatic rings. The van der Waals surface area contributed by atoms with Crippen molar-refractivity contribution in [1.29, 1.82) is 0 Å². The predicted molar refractivity (Wildman–Crippen MR) is 59.3 cm³/mol. The molecule has 2 nitrogen and oxygen atoms in total. The minimum atomic E-state index is -4.42. The molecule has 0 N–H and O–H groups in total. The molecule has 0 radical (unpaired) electrons. The van der Waals surface area contributed by atoms with Gasteiger partial charge < -0.3 is 9.47 Å². The molecule has 0 unspecified atom stereocenters. The lowest BCUT2D eigenvalue weighted by atomic mass is 10.0. The average molecular weight is 309 g/mol. The number of hydrogen-bond acceptors (Lipinski definition) is 2. The summed E-state index contributed by atoms with van der Waals surface area (Å²) < 4.78 is 48.9. The summed E-state index contributed by atoms with van der Waals surface area (Å²) in [6.45, 7) is 3.49. The molecule has 6 heteroatoms. The molecule has 0 atom stereocenters. The maximum Gasteiger partial charge on any atom is 0.416 e. The first-order valence-electron chi connectivity index (χ1n) is 4.71. The van der Waals surface area contributed by atoms with Crippen molar-refractivity contribution in [1.82, 2.24) is 0 Å². The van der Waals surface area contributed by atoms with Crippen LogP contribution < -0.4 is 9.47 Å². The van der Waals surface area contributed by atoms with E-state index in [1.54, 1.807) is 0 Å². The minimum Gasteiger partial charge on any atom is -0.454 e. The maximum atomic E-state index is 12.8. The average Bonchev–Trinajstić information content (AvgIpc) is 2.60. The summed E-state index contributed by atoms with van der Waals surface area (Å²) in [4.78, 5) is 0. The van der Waals surface area contributed by atoms with Crippen LogP contribution in [0.1, 0.15) is 11.1 Å². The maximum absolute atomic E-state index is 12.8. The molecule has 0 aromatic heterocycles. The van der Waals surface area contributed by atoms with Crippen molar-refractivity contribution in [2.75, 3.05) is 6.79 Å². The molecule has 92 valence electrons. The van der Waals surface area contributed by atoms with Gasteiger partial charge in [0.2, 0.25) is 6.79 Å². The van der Waals surface area contributed by atoms with Crippen molar-refractivity contribution in [2.24, 2.45) is 0 Å². The fraction of sp³-hybridized carbons (Fsp3) is 0.273. The van der Waals surface area contributed by atoms with E-state index >= 15 is 0 Å². The lowest BCUT2D eigenvalue weighted by molar-refractivity contribution is -0.138. The van der Waals surface area contributed by atoms with Crippen LogP contribution in [-0.2, 0) is 12.6 Å². The van der Waals surface area contributed by atoms with E-state index in [0.29, 0.717) is 10.2 Å². The molecular formula is C11H8BrF3O2. The number of ether oxygens (including phenoxy) is 2. The van der Waals surface area contributed by atoms with E-state index in [1.165, 1.54) is 6.07 Å². The van der Waals surface area contributed by atoms with Gasteiger partial charge in [0.15, 0.2) is 11.5 Å². The second-order valence-electron chi connectivity index (χ2n) is 3.55. The number of rotatable bonds is 2. The third-order valence-corrected chi connectivity index (χ3v) is 2.57. The van der Waals surface area contributed by atoms with Crippen LogP contribution in [0.3, 0.4) is 0 Å². The zero-order valence-electron chi connectivity index (χ0n) is 8.60. The van der Waals surface area contributed by atoms with Crippen molar-refractivity contribution in [3.63, 3.8) is 0 Å². The SMILES string of the molecule is C=C(Br)Cc1cc2c(cc1C(F)(F)F)OCO2. The summed E-state index contributed by atoms with van der Waals surface area (Å²) in [5.74, 6) is 0.461. The smallest absolute Gasteiger partial charge is 0.416 e. The van der Waals surface area contributed by atoms with Gasteiger partial charge in [-0.1, -0.05) is 22.5 Å². The van der Waals surface area contributed by atoms with E-state index in [2.05, 4.69) is 22.5 Å². The standard InChI is InChI=1S/C11H8BrF3O2/c1-6(12)2-7-3-9-10(17-5-16-9)4-8(7)11(13,14)15/h3-4H,1-2,5H2. The summed E-state index contributed by atoms with van der Waals surface area (Å²) in [5, 5.41) is 0. The Morgan fingerprint density at radius 3 is 2.41 bits per heavy atom. The second kappa shape index (κ2) is 4.25. The van der Waals surface area contributed by atoms with Crippen molar-refractivity contribution in [2.45, 2.75) is 12.6 Å². The fourth-order valence-corrected chi connectivity index (χ4v) is 1.90. The van der Waals surface area contributed by atoms with E-state index in [-0.39, 0.29) is 24.5 Å². The molecule has 1 aliphatic heterocycles. The van der Waals surface area contributed by atoms with Crippen molar-refractivity contribution >= 4 is 15.9 Å². The van der Waals surface area contributed by atoms with Crippen LogP contribution in [0.5, 0.6) is 11.5 Å². The molecule has 0 saturated carbocycles. The van der Waals surface area contributed by atoms with E-state index < -0.39 is 11.7 Å². The topological polar surface area (TPSA) is 18.5 Å². The highest BCUT2D eigenvalue weighted by atomic mass is 79.9. The Hall–Kier alpha value is -1.17. The quantitative estimate of drug-likeness (QED) is 0.825. The lowest BCUT2D eigenvalue weighted by Crippen LogP contribution is -2.09. The largest absolute Gasteiger partial charge is 0.454 e. The van der Waals surface area contributed by atoms with Crippen LogP contribution in [0.2, 0.25) is 0 Å². The van der Waals surface area contributed by atoms with Gasteiger partial charge in [-0.2, -0.15) is 13.2 Å².